The topological polar surface area (TPSA) is 55.6 Å². The van der Waals surface area contributed by atoms with Crippen LogP contribution in [0.15, 0.2) is 0 Å². The Morgan fingerprint density at radius 2 is 2.11 bits per heavy atom. The zero-order chi connectivity index (χ0) is 13.0. The Morgan fingerprint density at radius 1 is 1.39 bits per heavy atom. The van der Waals surface area contributed by atoms with Crippen molar-refractivity contribution >= 4 is 5.91 Å². The summed E-state index contributed by atoms with van der Waals surface area (Å²) in [4.78, 5) is 14.2. The number of rotatable bonds is 4. The molecule has 2 aliphatic heterocycles. The third-order valence-electron chi connectivity index (χ3n) is 4.49. The lowest BCUT2D eigenvalue weighted by Crippen LogP contribution is -2.44. The first-order valence-corrected chi connectivity index (χ1v) is 7.29. The summed E-state index contributed by atoms with van der Waals surface area (Å²) in [7, 11) is 0. The molecule has 0 unspecified atom stereocenters. The molecule has 1 atom stereocenters. The van der Waals surface area contributed by atoms with Crippen LogP contribution in [-0.4, -0.2) is 43.2 Å². The molecule has 0 aromatic heterocycles. The van der Waals surface area contributed by atoms with E-state index in [-0.39, 0.29) is 11.9 Å². The molecular weight excluding hydrogens is 228 g/mol. The Balaban J connectivity index is 1.85. The maximum absolute atomic E-state index is 12.2. The number of hydrogen-bond donors (Lipinski definition) is 1. The van der Waals surface area contributed by atoms with E-state index < -0.39 is 0 Å². The van der Waals surface area contributed by atoms with E-state index in [1.54, 1.807) is 0 Å². The van der Waals surface area contributed by atoms with Crippen LogP contribution in [-0.2, 0) is 9.53 Å². The number of carbonyl (C=O) groups excluding carboxylic acids is 1. The average Bonchev–Trinajstić information content (AvgIpc) is 2.79. The van der Waals surface area contributed by atoms with Crippen LogP contribution in [0.2, 0.25) is 0 Å². The molecule has 0 radical (unpaired) electrons. The fraction of sp³-hybridized carbons (Fsp3) is 0.929. The normalized spacial score (nSPS) is 24.4. The Morgan fingerprint density at radius 3 is 2.78 bits per heavy atom. The molecule has 2 N–H and O–H groups in total. The Bertz CT molecular complexity index is 288. The van der Waals surface area contributed by atoms with Gasteiger partial charge in [-0.15, -0.1) is 0 Å². The molecule has 0 aromatic rings. The molecule has 4 nitrogen and oxygen atoms in total. The number of amides is 1. The van der Waals surface area contributed by atoms with Crippen molar-refractivity contribution in [2.45, 2.75) is 51.5 Å². The summed E-state index contributed by atoms with van der Waals surface area (Å²) in [6.45, 7) is 5.62. The highest BCUT2D eigenvalue weighted by atomic mass is 16.5. The van der Waals surface area contributed by atoms with Gasteiger partial charge in [-0.05, 0) is 31.1 Å². The van der Waals surface area contributed by atoms with Crippen molar-refractivity contribution < 1.29 is 9.53 Å². The number of hydrogen-bond acceptors (Lipinski definition) is 3. The largest absolute Gasteiger partial charge is 0.381 e. The van der Waals surface area contributed by atoms with E-state index in [9.17, 15) is 4.79 Å². The third-order valence-corrected chi connectivity index (χ3v) is 4.49. The summed E-state index contributed by atoms with van der Waals surface area (Å²) in [5.74, 6) is 0.159. The van der Waals surface area contributed by atoms with Gasteiger partial charge in [0.2, 0.25) is 5.91 Å². The second-order valence-electron chi connectivity index (χ2n) is 5.87. The van der Waals surface area contributed by atoms with E-state index in [0.29, 0.717) is 5.41 Å². The predicted octanol–water partition coefficient (Wildman–Crippen LogP) is 1.53. The van der Waals surface area contributed by atoms with E-state index in [4.69, 9.17) is 10.5 Å². The number of nitrogens with zero attached hydrogens (tertiary/aromatic N) is 1. The smallest absolute Gasteiger partial charge is 0.239 e. The summed E-state index contributed by atoms with van der Waals surface area (Å²) >= 11 is 0. The van der Waals surface area contributed by atoms with Gasteiger partial charge in [-0.1, -0.05) is 19.8 Å². The van der Waals surface area contributed by atoms with Gasteiger partial charge in [0.15, 0.2) is 0 Å². The molecule has 2 rings (SSSR count). The number of carbonyl (C=O) groups is 1. The zero-order valence-corrected chi connectivity index (χ0v) is 11.5. The summed E-state index contributed by atoms with van der Waals surface area (Å²) in [6.07, 6.45) is 6.29. The number of nitrogens with two attached hydrogens (primary N) is 1. The van der Waals surface area contributed by atoms with E-state index in [2.05, 4.69) is 6.92 Å². The van der Waals surface area contributed by atoms with Crippen molar-refractivity contribution in [1.29, 1.82) is 0 Å². The van der Waals surface area contributed by atoms with Crippen LogP contribution in [0.5, 0.6) is 0 Å². The Hall–Kier alpha value is -0.610. The van der Waals surface area contributed by atoms with Crippen LogP contribution >= 0.6 is 0 Å². The van der Waals surface area contributed by atoms with Gasteiger partial charge in [0.1, 0.15) is 0 Å². The van der Waals surface area contributed by atoms with E-state index in [1.165, 1.54) is 0 Å². The summed E-state index contributed by atoms with van der Waals surface area (Å²) in [5, 5.41) is 0. The second-order valence-corrected chi connectivity index (χ2v) is 5.87. The predicted molar refractivity (Wildman–Crippen MR) is 71.2 cm³/mol. The molecule has 0 aliphatic carbocycles. The number of ether oxygens (including phenoxy) is 1. The van der Waals surface area contributed by atoms with Gasteiger partial charge in [-0.3, -0.25) is 4.79 Å². The molecule has 0 saturated carbocycles. The first-order valence-electron chi connectivity index (χ1n) is 7.29. The quantitative estimate of drug-likeness (QED) is 0.828. The average molecular weight is 254 g/mol. The Kier molecular flexibility index (Phi) is 4.62. The molecule has 0 bridgehead atoms. The van der Waals surface area contributed by atoms with Crippen LogP contribution in [0.3, 0.4) is 0 Å². The van der Waals surface area contributed by atoms with Gasteiger partial charge in [0, 0.05) is 26.3 Å². The number of likely N-dealkylation sites (tertiary alicyclic amines) is 1. The van der Waals surface area contributed by atoms with Gasteiger partial charge in [0.05, 0.1) is 6.04 Å². The zero-order valence-electron chi connectivity index (χ0n) is 11.5. The van der Waals surface area contributed by atoms with Crippen molar-refractivity contribution in [3.8, 4) is 0 Å². The first kappa shape index (κ1) is 13.8. The van der Waals surface area contributed by atoms with Crippen LogP contribution in [0.1, 0.15) is 45.4 Å². The minimum atomic E-state index is -0.292. The second kappa shape index (κ2) is 6.02. The summed E-state index contributed by atoms with van der Waals surface area (Å²) in [5.41, 5.74) is 6.32. The fourth-order valence-electron chi connectivity index (χ4n) is 3.12. The maximum atomic E-state index is 12.2. The molecule has 1 spiro atoms. The molecule has 1 amide bonds. The maximum Gasteiger partial charge on any atom is 0.239 e. The van der Waals surface area contributed by atoms with Crippen LogP contribution < -0.4 is 5.73 Å². The monoisotopic (exact) mass is 254 g/mol. The highest BCUT2D eigenvalue weighted by molar-refractivity contribution is 5.81. The molecule has 2 heterocycles. The molecule has 2 aliphatic rings. The molecule has 4 heteroatoms. The van der Waals surface area contributed by atoms with E-state index >= 15 is 0 Å². The van der Waals surface area contributed by atoms with E-state index in [1.807, 2.05) is 4.90 Å². The molecule has 18 heavy (non-hydrogen) atoms. The van der Waals surface area contributed by atoms with Gasteiger partial charge < -0.3 is 15.4 Å². The highest BCUT2D eigenvalue weighted by Gasteiger charge is 2.41. The molecule has 0 aromatic carbocycles. The van der Waals surface area contributed by atoms with Crippen molar-refractivity contribution in [2.24, 2.45) is 11.1 Å². The standard InChI is InChI=1S/C14H26N2O2/c1-2-3-4-12(15)13(17)16-8-5-14(11-16)6-9-18-10-7-14/h12H,2-11,15H2,1H3/t12-/m0/s1. The van der Waals surface area contributed by atoms with Gasteiger partial charge in [-0.25, -0.2) is 0 Å². The van der Waals surface area contributed by atoms with Gasteiger partial charge in [-0.2, -0.15) is 0 Å². The molecule has 2 fully saturated rings. The van der Waals surface area contributed by atoms with E-state index in [0.717, 1.165) is 64.8 Å². The summed E-state index contributed by atoms with van der Waals surface area (Å²) < 4.78 is 5.42. The SMILES string of the molecule is CCCC[C@H](N)C(=O)N1CCC2(CCOCC2)C1. The van der Waals surface area contributed by atoms with Crippen molar-refractivity contribution in [2.75, 3.05) is 26.3 Å². The molecule has 104 valence electrons. The van der Waals surface area contributed by atoms with Gasteiger partial charge >= 0.3 is 0 Å². The Labute approximate surface area is 110 Å². The third kappa shape index (κ3) is 3.04. The van der Waals surface area contributed by atoms with Crippen LogP contribution in [0, 0.1) is 5.41 Å². The fourth-order valence-corrected chi connectivity index (χ4v) is 3.12. The molecular formula is C14H26N2O2. The number of unbranched alkanes of at least 4 members (excludes halogenated alkanes) is 1. The lowest BCUT2D eigenvalue weighted by molar-refractivity contribution is -0.132. The van der Waals surface area contributed by atoms with Crippen LogP contribution in [0.25, 0.3) is 0 Å². The lowest BCUT2D eigenvalue weighted by atomic mass is 9.80. The van der Waals surface area contributed by atoms with Crippen molar-refractivity contribution in [3.05, 3.63) is 0 Å². The highest BCUT2D eigenvalue weighted by Crippen LogP contribution is 2.39. The lowest BCUT2D eigenvalue weighted by Gasteiger charge is -2.33. The molecule has 2 saturated heterocycles. The van der Waals surface area contributed by atoms with Gasteiger partial charge in [0.25, 0.3) is 0 Å². The minimum absolute atomic E-state index is 0.159. The van der Waals surface area contributed by atoms with Crippen LogP contribution in [0.4, 0.5) is 0 Å². The summed E-state index contributed by atoms with van der Waals surface area (Å²) in [6, 6.07) is -0.292. The van der Waals surface area contributed by atoms with Crippen molar-refractivity contribution in [1.82, 2.24) is 4.90 Å². The minimum Gasteiger partial charge on any atom is -0.381 e. The van der Waals surface area contributed by atoms with Crippen molar-refractivity contribution in [3.63, 3.8) is 0 Å². The first-order chi connectivity index (χ1) is 8.67.